The Balaban J connectivity index is 1.87. The summed E-state index contributed by atoms with van der Waals surface area (Å²) in [6, 6.07) is 11.6. The molecule has 3 amide bonds. The summed E-state index contributed by atoms with van der Waals surface area (Å²) >= 11 is 0. The Kier molecular flexibility index (Phi) is 13.7. The van der Waals surface area contributed by atoms with Crippen molar-refractivity contribution < 1.29 is 42.5 Å². The van der Waals surface area contributed by atoms with E-state index in [0.717, 1.165) is 6.07 Å². The number of rotatable bonds is 14. The van der Waals surface area contributed by atoms with Gasteiger partial charge in [-0.3, -0.25) is 14.4 Å². The van der Waals surface area contributed by atoms with E-state index < -0.39 is 59.0 Å². The van der Waals surface area contributed by atoms with Gasteiger partial charge in [-0.05, 0) is 117 Å². The van der Waals surface area contributed by atoms with E-state index in [1.807, 2.05) is 20.8 Å². The molecule has 13 heteroatoms. The Hall–Kier alpha value is -5.27. The molecule has 0 aromatic heterocycles. The molecule has 5 N–H and O–H groups in total. The van der Waals surface area contributed by atoms with Gasteiger partial charge in [-0.25, -0.2) is 9.18 Å². The van der Waals surface area contributed by atoms with Gasteiger partial charge in [0.05, 0.1) is 40.2 Å². The first kappa shape index (κ1) is 41.2. The summed E-state index contributed by atoms with van der Waals surface area (Å²) in [6.45, 7) is 19.6. The molecule has 3 aromatic rings. The molecule has 0 unspecified atom stereocenters. The number of nitrogens with two attached hydrogens (primary N) is 1. The maximum Gasteiger partial charge on any atom is 0.338 e. The van der Waals surface area contributed by atoms with Crippen LogP contribution in [0.4, 0.5) is 21.5 Å². The van der Waals surface area contributed by atoms with Crippen molar-refractivity contribution in [2.45, 2.75) is 91.8 Å². The number of esters is 1. The van der Waals surface area contributed by atoms with Gasteiger partial charge in [0.1, 0.15) is 24.1 Å². The Labute approximate surface area is 304 Å². The molecule has 12 nitrogen and oxygen atoms in total. The molecule has 2 atom stereocenters. The zero-order chi connectivity index (χ0) is 39.0. The maximum atomic E-state index is 15.3. The van der Waals surface area contributed by atoms with E-state index in [4.69, 9.17) is 24.7 Å². The van der Waals surface area contributed by atoms with Gasteiger partial charge in [-0.15, -0.1) is 0 Å². The first-order valence-electron chi connectivity index (χ1n) is 16.8. The van der Waals surface area contributed by atoms with Crippen LogP contribution in [0, 0.1) is 5.82 Å². The quantitative estimate of drug-likeness (QED) is 0.100. The van der Waals surface area contributed by atoms with Crippen molar-refractivity contribution in [3.63, 3.8) is 0 Å². The summed E-state index contributed by atoms with van der Waals surface area (Å²) in [4.78, 5) is 52.3. The summed E-state index contributed by atoms with van der Waals surface area (Å²) in [5, 5.41) is 7.85. The first-order valence-corrected chi connectivity index (χ1v) is 16.8. The molecule has 0 aliphatic carbocycles. The topological polar surface area (TPSA) is 167 Å². The van der Waals surface area contributed by atoms with Gasteiger partial charge in [0, 0.05) is 11.4 Å². The van der Waals surface area contributed by atoms with Crippen molar-refractivity contribution in [1.82, 2.24) is 0 Å². The second-order valence-electron chi connectivity index (χ2n) is 14.2. The third kappa shape index (κ3) is 11.9. The number of benzene rings is 3. The molecule has 0 heterocycles. The summed E-state index contributed by atoms with van der Waals surface area (Å²) in [6.07, 6.45) is 0.392. The molecule has 52 heavy (non-hydrogen) atoms. The van der Waals surface area contributed by atoms with Crippen LogP contribution in [-0.2, 0) is 14.3 Å². The number of carbonyl (C=O) groups is 4. The molecule has 0 saturated carbocycles. The number of anilines is 3. The van der Waals surface area contributed by atoms with Crippen LogP contribution in [0.5, 0.6) is 11.5 Å². The van der Waals surface area contributed by atoms with Crippen LogP contribution in [0.2, 0.25) is 0 Å². The van der Waals surface area contributed by atoms with Crippen molar-refractivity contribution in [3.05, 3.63) is 89.8 Å². The number of amides is 3. The van der Waals surface area contributed by atoms with Crippen LogP contribution < -0.4 is 31.2 Å². The largest absolute Gasteiger partial charge is 0.486 e. The van der Waals surface area contributed by atoms with Crippen molar-refractivity contribution in [3.8, 4) is 11.5 Å². The number of carbonyl (C=O) groups excluding carboxylic acids is 4. The van der Waals surface area contributed by atoms with E-state index in [9.17, 15) is 19.2 Å². The van der Waals surface area contributed by atoms with Crippen LogP contribution in [0.25, 0.3) is 0 Å². The number of nitrogens with one attached hydrogen (secondary N) is 3. The molecule has 0 saturated heterocycles. The third-order valence-electron chi connectivity index (χ3n) is 6.91. The average molecular weight is 721 g/mol. The van der Waals surface area contributed by atoms with Crippen LogP contribution in [0.3, 0.4) is 0 Å². The fourth-order valence-electron chi connectivity index (χ4n) is 4.74. The van der Waals surface area contributed by atoms with Gasteiger partial charge < -0.3 is 40.6 Å². The molecule has 0 radical (unpaired) electrons. The molecule has 0 bridgehead atoms. The molecule has 0 aliphatic rings. The molecule has 0 fully saturated rings. The van der Waals surface area contributed by atoms with E-state index >= 15 is 4.39 Å². The lowest BCUT2D eigenvalue weighted by Gasteiger charge is -2.28. The molecule has 0 spiro atoms. The zero-order valence-electron chi connectivity index (χ0n) is 31.1. The molecule has 3 aromatic carbocycles. The SMILES string of the molecule is C=CCOc1c(C(=O)Nc2ccc(C(=O)OC(C)(C)C)cc2)ccc(C(=O)Nc2ccc(NC(=O)[C@@H](N)[C@@H](C)OC(C)(C)C)cc2F)c1OC(C)C. The summed E-state index contributed by atoms with van der Waals surface area (Å²) in [5.41, 5.74) is 5.49. The van der Waals surface area contributed by atoms with E-state index in [2.05, 4.69) is 22.5 Å². The number of hydrogen-bond donors (Lipinski definition) is 4. The Morgan fingerprint density at radius 2 is 1.38 bits per heavy atom. The molecular formula is C39H49FN4O8. The average Bonchev–Trinajstić information content (AvgIpc) is 3.03. The minimum atomic E-state index is -1.02. The Bertz CT molecular complexity index is 1780. The highest BCUT2D eigenvalue weighted by Gasteiger charge is 2.28. The predicted octanol–water partition coefficient (Wildman–Crippen LogP) is 7.11. The minimum Gasteiger partial charge on any atom is -0.486 e. The lowest BCUT2D eigenvalue weighted by Crippen LogP contribution is -2.47. The van der Waals surface area contributed by atoms with Gasteiger partial charge in [0.25, 0.3) is 11.8 Å². The summed E-state index contributed by atoms with van der Waals surface area (Å²) < 4.78 is 38.3. The van der Waals surface area contributed by atoms with Gasteiger partial charge in [-0.1, -0.05) is 12.7 Å². The highest BCUT2D eigenvalue weighted by molar-refractivity contribution is 6.11. The van der Waals surface area contributed by atoms with Crippen molar-refractivity contribution >= 4 is 40.8 Å². The van der Waals surface area contributed by atoms with E-state index in [-0.39, 0.29) is 40.6 Å². The zero-order valence-corrected chi connectivity index (χ0v) is 31.1. The highest BCUT2D eigenvalue weighted by Crippen LogP contribution is 2.37. The van der Waals surface area contributed by atoms with Gasteiger partial charge >= 0.3 is 5.97 Å². The smallest absolute Gasteiger partial charge is 0.338 e. The minimum absolute atomic E-state index is 0.0308. The van der Waals surface area contributed by atoms with Crippen LogP contribution in [-0.4, -0.2) is 59.7 Å². The van der Waals surface area contributed by atoms with E-state index in [1.165, 1.54) is 42.5 Å². The van der Waals surface area contributed by atoms with Crippen molar-refractivity contribution in [2.75, 3.05) is 22.6 Å². The van der Waals surface area contributed by atoms with Crippen LogP contribution >= 0.6 is 0 Å². The maximum absolute atomic E-state index is 15.3. The highest BCUT2D eigenvalue weighted by atomic mass is 19.1. The van der Waals surface area contributed by atoms with Gasteiger partial charge in [0.15, 0.2) is 11.5 Å². The monoisotopic (exact) mass is 720 g/mol. The van der Waals surface area contributed by atoms with Crippen molar-refractivity contribution in [1.29, 1.82) is 0 Å². The summed E-state index contributed by atoms with van der Waals surface area (Å²) in [7, 11) is 0. The number of hydrogen-bond acceptors (Lipinski definition) is 9. The summed E-state index contributed by atoms with van der Waals surface area (Å²) in [5.74, 6) is -3.34. The molecular weight excluding hydrogens is 671 g/mol. The van der Waals surface area contributed by atoms with Gasteiger partial charge in [0.2, 0.25) is 5.91 Å². The lowest BCUT2D eigenvalue weighted by molar-refractivity contribution is -0.124. The number of halogens is 1. The van der Waals surface area contributed by atoms with Gasteiger partial charge in [-0.2, -0.15) is 0 Å². The third-order valence-corrected chi connectivity index (χ3v) is 6.91. The fraction of sp³-hybridized carbons (Fsp3) is 0.385. The molecule has 0 aliphatic heterocycles. The second kappa shape index (κ2) is 17.3. The fourth-order valence-corrected chi connectivity index (χ4v) is 4.74. The van der Waals surface area contributed by atoms with E-state index in [0.29, 0.717) is 11.3 Å². The first-order chi connectivity index (χ1) is 24.2. The normalized spacial score (nSPS) is 12.7. The van der Waals surface area contributed by atoms with Crippen LogP contribution in [0.15, 0.2) is 67.3 Å². The number of ether oxygens (including phenoxy) is 4. The lowest BCUT2D eigenvalue weighted by atomic mass is 10.1. The molecule has 3 rings (SSSR count). The second-order valence-corrected chi connectivity index (χ2v) is 14.2. The Morgan fingerprint density at radius 1 is 0.808 bits per heavy atom. The van der Waals surface area contributed by atoms with Crippen molar-refractivity contribution in [2.24, 2.45) is 5.73 Å². The van der Waals surface area contributed by atoms with Crippen LogP contribution in [0.1, 0.15) is 93.4 Å². The standard InChI is InChI=1S/C39H49FN4O8/c1-11-20-49-32-27(34(45)42-25-14-12-24(13-15-25)37(48)52-39(8,9)10)17-18-28(33(32)50-22(2)3)35(46)44-30-19-16-26(21-29(30)40)43-36(47)31(41)23(4)51-38(5,6)7/h11-19,21-23,31H,1,20,41H2,2-10H3,(H,42,45)(H,43,47)(H,44,46)/t23-,31+/m1/s1. The predicted molar refractivity (Wildman–Crippen MR) is 199 cm³/mol. The molecule has 280 valence electrons. The van der Waals surface area contributed by atoms with E-state index in [1.54, 1.807) is 53.7 Å². The Morgan fingerprint density at radius 3 is 1.92 bits per heavy atom.